The van der Waals surface area contributed by atoms with Gasteiger partial charge in [-0.25, -0.2) is 9.18 Å². The van der Waals surface area contributed by atoms with E-state index < -0.39 is 0 Å². The molecular weight excluding hydrogens is 501 g/mol. The Kier molecular flexibility index (Phi) is 6.79. The van der Waals surface area contributed by atoms with Crippen LogP contribution in [-0.4, -0.2) is 30.3 Å². The second-order valence-electron chi connectivity index (χ2n) is 9.60. The molecule has 3 aromatic carbocycles. The highest BCUT2D eigenvalue weighted by Crippen LogP contribution is 2.49. The summed E-state index contributed by atoms with van der Waals surface area (Å²) in [5.41, 5.74) is 2.09. The Morgan fingerprint density at radius 1 is 1.00 bits per heavy atom. The molecule has 1 aliphatic heterocycles. The highest BCUT2D eigenvalue weighted by atomic mass is 19.1. The third-order valence-corrected chi connectivity index (χ3v) is 6.85. The van der Waals surface area contributed by atoms with E-state index in [0.29, 0.717) is 58.6 Å². The number of carbonyl (C=O) groups excluding carboxylic acids is 1. The maximum Gasteiger partial charge on any atom is 0.319 e. The molecule has 0 radical (unpaired) electrons. The molecule has 1 atom stereocenters. The fourth-order valence-corrected chi connectivity index (χ4v) is 4.55. The van der Waals surface area contributed by atoms with Crippen molar-refractivity contribution in [2.45, 2.75) is 38.3 Å². The number of benzene rings is 3. The van der Waals surface area contributed by atoms with Crippen LogP contribution in [0.2, 0.25) is 0 Å². The topological polar surface area (TPSA) is 90.9 Å². The van der Waals surface area contributed by atoms with Gasteiger partial charge in [0.15, 0.2) is 11.5 Å². The lowest BCUT2D eigenvalue weighted by Gasteiger charge is -2.29. The van der Waals surface area contributed by atoms with E-state index in [2.05, 4.69) is 15.6 Å². The van der Waals surface area contributed by atoms with E-state index in [4.69, 9.17) is 18.9 Å². The smallest absolute Gasteiger partial charge is 0.319 e. The Hall–Kier alpha value is -4.53. The maximum absolute atomic E-state index is 13.2. The lowest BCUT2D eigenvalue weighted by molar-refractivity contribution is 0.106. The van der Waals surface area contributed by atoms with Crippen LogP contribution in [-0.2, 0) is 0 Å². The Labute approximate surface area is 225 Å². The molecule has 2 amide bonds. The van der Waals surface area contributed by atoms with Crippen LogP contribution in [0.25, 0.3) is 10.9 Å². The van der Waals surface area contributed by atoms with Gasteiger partial charge in [-0.3, -0.25) is 4.98 Å². The molecule has 2 N–H and O–H groups in total. The van der Waals surface area contributed by atoms with Crippen molar-refractivity contribution < 1.29 is 28.1 Å². The van der Waals surface area contributed by atoms with E-state index in [1.54, 1.807) is 48.7 Å². The highest BCUT2D eigenvalue weighted by molar-refractivity contribution is 5.95. The molecule has 1 aliphatic carbocycles. The third kappa shape index (κ3) is 5.38. The van der Waals surface area contributed by atoms with Gasteiger partial charge in [0.05, 0.1) is 23.0 Å². The average Bonchev–Trinajstić information content (AvgIpc) is 2.92. The van der Waals surface area contributed by atoms with Crippen molar-refractivity contribution in [1.29, 1.82) is 0 Å². The summed E-state index contributed by atoms with van der Waals surface area (Å²) in [6, 6.07) is 16.1. The van der Waals surface area contributed by atoms with Gasteiger partial charge in [0.2, 0.25) is 5.75 Å². The van der Waals surface area contributed by atoms with E-state index in [-0.39, 0.29) is 24.0 Å². The van der Waals surface area contributed by atoms with Gasteiger partial charge in [0.25, 0.3) is 0 Å². The molecule has 39 heavy (non-hydrogen) atoms. The molecule has 1 aromatic heterocycles. The summed E-state index contributed by atoms with van der Waals surface area (Å²) in [5, 5.41) is 6.36. The monoisotopic (exact) mass is 529 g/mol. The molecule has 0 bridgehead atoms. The Morgan fingerprint density at radius 2 is 1.74 bits per heavy atom. The Morgan fingerprint density at radius 3 is 2.46 bits per heavy atom. The van der Waals surface area contributed by atoms with Gasteiger partial charge < -0.3 is 29.6 Å². The Balaban J connectivity index is 1.17. The molecule has 200 valence electrons. The molecule has 6 rings (SSSR count). The molecule has 0 spiro atoms. The van der Waals surface area contributed by atoms with Gasteiger partial charge in [0, 0.05) is 18.0 Å². The zero-order chi connectivity index (χ0) is 26.8. The number of hydrogen-bond acceptors (Lipinski definition) is 6. The van der Waals surface area contributed by atoms with Crippen LogP contribution >= 0.6 is 0 Å². The number of rotatable bonds is 7. The molecule has 2 heterocycles. The predicted molar refractivity (Wildman–Crippen MR) is 144 cm³/mol. The quantitative estimate of drug-likeness (QED) is 0.275. The van der Waals surface area contributed by atoms with Crippen molar-refractivity contribution in [3.8, 4) is 28.7 Å². The van der Waals surface area contributed by atoms with Crippen LogP contribution in [0.15, 0.2) is 66.9 Å². The number of hydrogen-bond donors (Lipinski definition) is 2. The highest BCUT2D eigenvalue weighted by Gasteiger charge is 2.28. The van der Waals surface area contributed by atoms with Crippen molar-refractivity contribution in [3.05, 3.63) is 78.2 Å². The SMILES string of the molecule is C[C@H](NC(=O)Nc1ccc(Oc2ccnc3cc(OC4CCC4)c4c(c23)OCCO4)cc1)c1ccc(F)cc1. The van der Waals surface area contributed by atoms with Crippen molar-refractivity contribution in [3.63, 3.8) is 0 Å². The summed E-state index contributed by atoms with van der Waals surface area (Å²) in [7, 11) is 0. The fourth-order valence-electron chi connectivity index (χ4n) is 4.55. The van der Waals surface area contributed by atoms with Gasteiger partial charge in [-0.15, -0.1) is 0 Å². The number of anilines is 1. The normalized spacial score (nSPS) is 15.2. The minimum atomic E-state index is -0.371. The van der Waals surface area contributed by atoms with E-state index in [1.807, 2.05) is 13.0 Å². The van der Waals surface area contributed by atoms with Crippen molar-refractivity contribution in [2.75, 3.05) is 18.5 Å². The summed E-state index contributed by atoms with van der Waals surface area (Å²) < 4.78 is 37.5. The zero-order valence-electron chi connectivity index (χ0n) is 21.4. The first-order valence-electron chi connectivity index (χ1n) is 13.0. The first-order chi connectivity index (χ1) is 19.0. The average molecular weight is 530 g/mol. The van der Waals surface area contributed by atoms with Crippen LogP contribution in [0, 0.1) is 5.82 Å². The standard InChI is InChI=1S/C30H28FN3O5/c1-18(19-5-7-20(31)8-6-19)33-30(35)34-21-9-11-23(12-10-21)38-25-13-14-32-24-17-26(39-22-3-2-4-22)28-29(27(24)25)37-16-15-36-28/h5-14,17-18,22H,2-4,15-16H2,1H3,(H2,33,34,35)/t18-/m0/s1. The zero-order valence-corrected chi connectivity index (χ0v) is 21.4. The number of halogens is 1. The number of amides is 2. The number of carbonyl (C=O) groups is 1. The number of pyridine rings is 1. The van der Waals surface area contributed by atoms with Gasteiger partial charge in [0.1, 0.15) is 30.5 Å². The summed E-state index contributed by atoms with van der Waals surface area (Å²) in [6.45, 7) is 2.70. The molecule has 0 unspecified atom stereocenters. The van der Waals surface area contributed by atoms with Gasteiger partial charge in [-0.05, 0) is 74.2 Å². The van der Waals surface area contributed by atoms with E-state index in [9.17, 15) is 9.18 Å². The first kappa shape index (κ1) is 24.8. The molecular formula is C30H28FN3O5. The van der Waals surface area contributed by atoms with Crippen LogP contribution in [0.4, 0.5) is 14.9 Å². The van der Waals surface area contributed by atoms with Crippen LogP contribution < -0.4 is 29.6 Å². The lowest BCUT2D eigenvalue weighted by Crippen LogP contribution is -2.31. The summed E-state index contributed by atoms with van der Waals surface area (Å²) in [4.78, 5) is 17.0. The summed E-state index contributed by atoms with van der Waals surface area (Å²) in [5.74, 6) is 2.63. The van der Waals surface area contributed by atoms with Crippen molar-refractivity contribution in [1.82, 2.24) is 10.3 Å². The van der Waals surface area contributed by atoms with E-state index >= 15 is 0 Å². The number of fused-ring (bicyclic) bond motifs is 3. The van der Waals surface area contributed by atoms with Crippen LogP contribution in [0.1, 0.15) is 37.8 Å². The van der Waals surface area contributed by atoms with Crippen molar-refractivity contribution >= 4 is 22.6 Å². The minimum Gasteiger partial charge on any atom is -0.486 e. The fraction of sp³-hybridized carbons (Fsp3) is 0.267. The number of nitrogens with zero attached hydrogens (tertiary/aromatic N) is 1. The summed E-state index contributed by atoms with van der Waals surface area (Å²) in [6.07, 6.45) is 5.11. The first-order valence-corrected chi connectivity index (χ1v) is 13.0. The number of ether oxygens (including phenoxy) is 4. The molecule has 2 aliphatic rings. The minimum absolute atomic E-state index is 0.192. The van der Waals surface area contributed by atoms with E-state index in [0.717, 1.165) is 18.4 Å². The lowest BCUT2D eigenvalue weighted by atomic mass is 9.96. The third-order valence-electron chi connectivity index (χ3n) is 6.85. The maximum atomic E-state index is 13.2. The van der Waals surface area contributed by atoms with Gasteiger partial charge >= 0.3 is 6.03 Å². The molecule has 1 fully saturated rings. The van der Waals surface area contributed by atoms with Crippen molar-refractivity contribution in [2.24, 2.45) is 0 Å². The van der Waals surface area contributed by atoms with Gasteiger partial charge in [-0.1, -0.05) is 12.1 Å². The summed E-state index contributed by atoms with van der Waals surface area (Å²) >= 11 is 0. The van der Waals surface area contributed by atoms with Gasteiger partial charge in [-0.2, -0.15) is 0 Å². The predicted octanol–water partition coefficient (Wildman–Crippen LogP) is 6.75. The molecule has 4 aromatic rings. The second kappa shape index (κ2) is 10.7. The molecule has 9 heteroatoms. The second-order valence-corrected chi connectivity index (χ2v) is 9.60. The number of aromatic nitrogens is 1. The number of nitrogens with one attached hydrogen (secondary N) is 2. The number of urea groups is 1. The largest absolute Gasteiger partial charge is 0.486 e. The van der Waals surface area contributed by atoms with E-state index in [1.165, 1.54) is 18.6 Å². The van der Waals surface area contributed by atoms with Crippen LogP contribution in [0.3, 0.4) is 0 Å². The molecule has 1 saturated carbocycles. The van der Waals surface area contributed by atoms with Crippen LogP contribution in [0.5, 0.6) is 28.7 Å². The molecule has 8 nitrogen and oxygen atoms in total. The Bertz CT molecular complexity index is 1490. The molecule has 0 saturated heterocycles.